The first-order valence-corrected chi connectivity index (χ1v) is 13.2. The average Bonchev–Trinajstić information content (AvgIpc) is 2.73. The number of nitrogens with zero attached hydrogens (tertiary/aromatic N) is 1. The molecular formula is C24H30ClF3N2O4S. The predicted octanol–water partition coefficient (Wildman–Crippen LogP) is 5.40. The van der Waals surface area contributed by atoms with Crippen molar-refractivity contribution in [1.82, 2.24) is 5.32 Å². The van der Waals surface area contributed by atoms with Crippen LogP contribution in [0.2, 0.25) is 5.02 Å². The number of sulfonamides is 1. The van der Waals surface area contributed by atoms with E-state index in [4.69, 9.17) is 16.3 Å². The topological polar surface area (TPSA) is 75.7 Å². The van der Waals surface area contributed by atoms with Crippen LogP contribution in [-0.4, -0.2) is 40.3 Å². The van der Waals surface area contributed by atoms with Crippen molar-refractivity contribution < 1.29 is 31.1 Å². The minimum atomic E-state index is -4.65. The Morgan fingerprint density at radius 2 is 1.66 bits per heavy atom. The zero-order valence-electron chi connectivity index (χ0n) is 20.1. The Hall–Kier alpha value is -2.46. The van der Waals surface area contributed by atoms with E-state index in [1.54, 1.807) is 0 Å². The maximum Gasteiger partial charge on any atom is 0.416 e. The number of hydrogen-bond donors (Lipinski definition) is 1. The lowest BCUT2D eigenvalue weighted by molar-refractivity contribution is -0.137. The van der Waals surface area contributed by atoms with Gasteiger partial charge in [-0.2, -0.15) is 13.2 Å². The van der Waals surface area contributed by atoms with E-state index in [1.807, 2.05) is 24.3 Å². The lowest BCUT2D eigenvalue weighted by Gasteiger charge is -2.24. The number of alkyl halides is 3. The smallest absolute Gasteiger partial charge is 0.416 e. The number of amides is 1. The van der Waals surface area contributed by atoms with Gasteiger partial charge in [0.2, 0.25) is 15.9 Å². The summed E-state index contributed by atoms with van der Waals surface area (Å²) in [6, 6.07) is 10.2. The molecule has 0 aromatic heterocycles. The summed E-state index contributed by atoms with van der Waals surface area (Å²) in [5, 5.41) is 2.54. The van der Waals surface area contributed by atoms with Crippen LogP contribution in [0.4, 0.5) is 18.9 Å². The van der Waals surface area contributed by atoms with Crippen molar-refractivity contribution in [3.63, 3.8) is 0 Å². The summed E-state index contributed by atoms with van der Waals surface area (Å²) in [5.41, 5.74) is -0.0922. The van der Waals surface area contributed by atoms with Crippen LogP contribution in [0.1, 0.15) is 44.7 Å². The fourth-order valence-corrected chi connectivity index (χ4v) is 4.47. The van der Waals surface area contributed by atoms with Gasteiger partial charge in [-0.3, -0.25) is 9.10 Å². The van der Waals surface area contributed by atoms with Crippen LogP contribution < -0.4 is 14.4 Å². The number of hydrogen-bond acceptors (Lipinski definition) is 4. The van der Waals surface area contributed by atoms with Crippen LogP contribution in [0.3, 0.4) is 0 Å². The molecule has 6 nitrogen and oxygen atoms in total. The molecule has 0 spiro atoms. The molecule has 0 atom stereocenters. The summed E-state index contributed by atoms with van der Waals surface area (Å²) < 4.78 is 70.0. The molecule has 0 bridgehead atoms. The molecule has 1 N–H and O–H groups in total. The molecule has 0 aliphatic heterocycles. The summed E-state index contributed by atoms with van der Waals surface area (Å²) >= 11 is 5.99. The minimum absolute atomic E-state index is 0.0249. The Bertz CT molecular complexity index is 1120. The fraction of sp³-hybridized carbons (Fsp3) is 0.458. The molecule has 0 aliphatic rings. The molecule has 11 heteroatoms. The normalized spacial score (nSPS) is 12.3. The van der Waals surface area contributed by atoms with Crippen LogP contribution in [0.25, 0.3) is 0 Å². The van der Waals surface area contributed by atoms with E-state index < -0.39 is 21.8 Å². The zero-order chi connectivity index (χ0) is 26.4. The van der Waals surface area contributed by atoms with Crippen molar-refractivity contribution in [1.29, 1.82) is 0 Å². The highest BCUT2D eigenvalue weighted by Gasteiger charge is 2.32. The molecule has 1 amide bonds. The summed E-state index contributed by atoms with van der Waals surface area (Å²) in [6.45, 7) is 6.63. The van der Waals surface area contributed by atoms with Gasteiger partial charge in [0, 0.05) is 13.0 Å². The van der Waals surface area contributed by atoms with Crippen LogP contribution in [0, 0.1) is 0 Å². The van der Waals surface area contributed by atoms with Crippen LogP contribution in [0.15, 0.2) is 42.5 Å². The second kappa shape index (κ2) is 11.5. The first kappa shape index (κ1) is 28.8. The van der Waals surface area contributed by atoms with Gasteiger partial charge in [0.25, 0.3) is 0 Å². The Kier molecular flexibility index (Phi) is 9.47. The van der Waals surface area contributed by atoms with E-state index in [9.17, 15) is 26.4 Å². The highest BCUT2D eigenvalue weighted by Crippen LogP contribution is 2.36. The highest BCUT2D eigenvalue weighted by molar-refractivity contribution is 7.92. The molecule has 2 aromatic carbocycles. The fourth-order valence-electron chi connectivity index (χ4n) is 3.23. The molecule has 0 saturated heterocycles. The Labute approximate surface area is 209 Å². The third kappa shape index (κ3) is 8.92. The lowest BCUT2D eigenvalue weighted by Crippen LogP contribution is -2.33. The standard InChI is InChI=1S/C24H30ClF3N2O4S/c1-23(2,3)17-7-10-19(11-8-17)34-15-13-29-22(31)6-5-14-30(35(4,32)33)21-16-18(24(26,27)28)9-12-20(21)25/h7-12,16H,5-6,13-15H2,1-4H3,(H,29,31). The monoisotopic (exact) mass is 534 g/mol. The quantitative estimate of drug-likeness (QED) is 0.414. The van der Waals surface area contributed by atoms with Gasteiger partial charge >= 0.3 is 6.18 Å². The summed E-state index contributed by atoms with van der Waals surface area (Å²) in [6.07, 6.45) is -3.72. The molecular weight excluding hydrogens is 505 g/mol. The van der Waals surface area contributed by atoms with Crippen LogP contribution in [-0.2, 0) is 26.4 Å². The number of carbonyl (C=O) groups is 1. The molecule has 0 aliphatic carbocycles. The van der Waals surface area contributed by atoms with E-state index in [2.05, 4.69) is 26.1 Å². The highest BCUT2D eigenvalue weighted by atomic mass is 35.5. The molecule has 2 rings (SSSR count). The van der Waals surface area contributed by atoms with Gasteiger partial charge in [-0.05, 0) is 47.7 Å². The Morgan fingerprint density at radius 1 is 1.06 bits per heavy atom. The minimum Gasteiger partial charge on any atom is -0.492 e. The number of halogens is 4. The van der Waals surface area contributed by atoms with E-state index in [0.29, 0.717) is 11.8 Å². The van der Waals surface area contributed by atoms with E-state index >= 15 is 0 Å². The van der Waals surface area contributed by atoms with Gasteiger partial charge < -0.3 is 10.1 Å². The molecule has 2 aromatic rings. The number of benzene rings is 2. The molecule has 35 heavy (non-hydrogen) atoms. The van der Waals surface area contributed by atoms with Crippen molar-refractivity contribution in [2.75, 3.05) is 30.3 Å². The van der Waals surface area contributed by atoms with Gasteiger partial charge in [0.05, 0.1) is 29.1 Å². The Balaban J connectivity index is 1.86. The second-order valence-corrected chi connectivity index (χ2v) is 11.4. The first-order chi connectivity index (χ1) is 16.1. The number of ether oxygens (including phenoxy) is 1. The maximum absolute atomic E-state index is 13.1. The first-order valence-electron chi connectivity index (χ1n) is 10.9. The lowest BCUT2D eigenvalue weighted by atomic mass is 9.87. The maximum atomic E-state index is 13.1. The second-order valence-electron chi connectivity index (χ2n) is 9.08. The Morgan fingerprint density at radius 3 is 2.20 bits per heavy atom. The van der Waals surface area contributed by atoms with Gasteiger partial charge in [0.1, 0.15) is 12.4 Å². The van der Waals surface area contributed by atoms with Crippen LogP contribution >= 0.6 is 11.6 Å². The van der Waals surface area contributed by atoms with Crippen molar-refractivity contribution in [3.8, 4) is 5.75 Å². The molecule has 0 radical (unpaired) electrons. The van der Waals surface area contributed by atoms with E-state index in [-0.39, 0.29) is 54.6 Å². The van der Waals surface area contributed by atoms with Crippen molar-refractivity contribution >= 4 is 33.2 Å². The number of carbonyl (C=O) groups excluding carboxylic acids is 1. The molecule has 0 fully saturated rings. The molecule has 0 saturated carbocycles. The third-order valence-electron chi connectivity index (χ3n) is 5.12. The van der Waals surface area contributed by atoms with E-state index in [1.165, 1.54) is 5.56 Å². The van der Waals surface area contributed by atoms with E-state index in [0.717, 1.165) is 22.7 Å². The van der Waals surface area contributed by atoms with Crippen molar-refractivity contribution in [2.24, 2.45) is 0 Å². The number of anilines is 1. The molecule has 0 heterocycles. The summed E-state index contributed by atoms with van der Waals surface area (Å²) in [4.78, 5) is 12.1. The summed E-state index contributed by atoms with van der Waals surface area (Å²) in [7, 11) is -3.93. The average molecular weight is 535 g/mol. The molecule has 194 valence electrons. The van der Waals surface area contributed by atoms with Gasteiger partial charge in [0.15, 0.2) is 0 Å². The van der Waals surface area contributed by atoms with Crippen molar-refractivity contribution in [2.45, 2.75) is 45.2 Å². The predicted molar refractivity (Wildman–Crippen MR) is 132 cm³/mol. The molecule has 0 unspecified atom stereocenters. The van der Waals surface area contributed by atoms with Crippen LogP contribution in [0.5, 0.6) is 5.75 Å². The van der Waals surface area contributed by atoms with Gasteiger partial charge in [-0.25, -0.2) is 8.42 Å². The number of rotatable bonds is 10. The van der Waals surface area contributed by atoms with Gasteiger partial charge in [-0.1, -0.05) is 44.5 Å². The largest absolute Gasteiger partial charge is 0.492 e. The third-order valence-corrected chi connectivity index (χ3v) is 6.62. The number of nitrogens with one attached hydrogen (secondary N) is 1. The van der Waals surface area contributed by atoms with Gasteiger partial charge in [-0.15, -0.1) is 0 Å². The zero-order valence-corrected chi connectivity index (χ0v) is 21.6. The van der Waals surface area contributed by atoms with Crippen molar-refractivity contribution in [3.05, 3.63) is 58.6 Å². The summed E-state index contributed by atoms with van der Waals surface area (Å²) in [5.74, 6) is 0.342. The SMILES string of the molecule is CC(C)(C)c1ccc(OCCNC(=O)CCCN(c2cc(C(F)(F)F)ccc2Cl)S(C)(=O)=O)cc1.